The predicted octanol–water partition coefficient (Wildman–Crippen LogP) is 2.49. The maximum Gasteiger partial charge on any atom is 0.298 e. The quantitative estimate of drug-likeness (QED) is 0.561. The van der Waals surface area contributed by atoms with Gasteiger partial charge in [0.1, 0.15) is 12.0 Å². The van der Waals surface area contributed by atoms with Crippen molar-refractivity contribution in [2.45, 2.75) is 18.8 Å². The van der Waals surface area contributed by atoms with Gasteiger partial charge in [-0.1, -0.05) is 12.2 Å². The number of hydrogen-bond acceptors (Lipinski definition) is 3. The average Bonchev–Trinajstić information content (AvgIpc) is 2.91. The number of ether oxygens (including phenoxy) is 1. The Labute approximate surface area is 87.7 Å². The van der Waals surface area contributed by atoms with Crippen LogP contribution in [0.1, 0.15) is 24.5 Å². The second-order valence-electron chi connectivity index (χ2n) is 4.29. The van der Waals surface area contributed by atoms with Crippen molar-refractivity contribution in [2.24, 2.45) is 11.8 Å². The van der Waals surface area contributed by atoms with Crippen LogP contribution in [0.15, 0.2) is 28.9 Å². The molecule has 1 aromatic rings. The van der Waals surface area contributed by atoms with Crippen LogP contribution < -0.4 is 4.74 Å². The largest absolute Gasteiger partial charge is 0.465 e. The number of allylic oxidation sites excluding steroid dienone is 2. The van der Waals surface area contributed by atoms with Gasteiger partial charge in [-0.15, -0.1) is 0 Å². The van der Waals surface area contributed by atoms with Crippen LogP contribution in [0.3, 0.4) is 0 Å². The molecule has 2 bridgehead atoms. The standard InChI is InChI=1S/C12H12O3/c13-7-15-10-5-12(14-6-10)11-4-8-1-2-9(11)3-8/h1-2,5-9,11H,3-4H2. The molecule has 0 spiro atoms. The van der Waals surface area contributed by atoms with Gasteiger partial charge < -0.3 is 9.15 Å². The van der Waals surface area contributed by atoms with Crippen LogP contribution in [0.4, 0.5) is 0 Å². The Kier molecular flexibility index (Phi) is 1.91. The van der Waals surface area contributed by atoms with Gasteiger partial charge in [-0.3, -0.25) is 4.79 Å². The normalized spacial score (nSPS) is 32.1. The summed E-state index contributed by atoms with van der Waals surface area (Å²) in [6, 6.07) is 1.83. The van der Waals surface area contributed by atoms with E-state index in [1.165, 1.54) is 12.7 Å². The van der Waals surface area contributed by atoms with Crippen molar-refractivity contribution in [3.05, 3.63) is 30.2 Å². The van der Waals surface area contributed by atoms with Gasteiger partial charge >= 0.3 is 0 Å². The van der Waals surface area contributed by atoms with Crippen LogP contribution in [0.2, 0.25) is 0 Å². The topological polar surface area (TPSA) is 39.4 Å². The molecule has 3 heteroatoms. The van der Waals surface area contributed by atoms with E-state index in [0.29, 0.717) is 24.1 Å². The summed E-state index contributed by atoms with van der Waals surface area (Å²) >= 11 is 0. The van der Waals surface area contributed by atoms with E-state index in [-0.39, 0.29) is 0 Å². The van der Waals surface area contributed by atoms with E-state index in [2.05, 4.69) is 12.2 Å². The van der Waals surface area contributed by atoms with Crippen molar-refractivity contribution in [3.8, 4) is 5.75 Å². The van der Waals surface area contributed by atoms with Gasteiger partial charge in [0.25, 0.3) is 6.47 Å². The Morgan fingerprint density at radius 1 is 1.40 bits per heavy atom. The molecule has 0 amide bonds. The fourth-order valence-corrected chi connectivity index (χ4v) is 2.75. The van der Waals surface area contributed by atoms with Gasteiger partial charge in [0.15, 0.2) is 5.75 Å². The lowest BCUT2D eigenvalue weighted by atomic mass is 9.91. The first kappa shape index (κ1) is 8.77. The van der Waals surface area contributed by atoms with Gasteiger partial charge in [-0.2, -0.15) is 0 Å². The highest BCUT2D eigenvalue weighted by molar-refractivity contribution is 5.44. The van der Waals surface area contributed by atoms with Crippen LogP contribution in [-0.2, 0) is 4.79 Å². The van der Waals surface area contributed by atoms with Crippen molar-refractivity contribution >= 4 is 6.47 Å². The highest BCUT2D eigenvalue weighted by Gasteiger charge is 2.38. The molecule has 15 heavy (non-hydrogen) atoms. The summed E-state index contributed by atoms with van der Waals surface area (Å²) in [6.45, 7) is 0.426. The van der Waals surface area contributed by atoms with Crippen LogP contribution >= 0.6 is 0 Å². The van der Waals surface area contributed by atoms with Crippen molar-refractivity contribution in [1.82, 2.24) is 0 Å². The molecule has 3 unspecified atom stereocenters. The van der Waals surface area contributed by atoms with Crippen molar-refractivity contribution in [3.63, 3.8) is 0 Å². The zero-order chi connectivity index (χ0) is 10.3. The summed E-state index contributed by atoms with van der Waals surface area (Å²) in [5.41, 5.74) is 0. The summed E-state index contributed by atoms with van der Waals surface area (Å²) < 4.78 is 10.2. The number of carbonyl (C=O) groups excluding carboxylic acids is 1. The summed E-state index contributed by atoms with van der Waals surface area (Å²) in [5.74, 6) is 3.27. The van der Waals surface area contributed by atoms with E-state index >= 15 is 0 Å². The van der Waals surface area contributed by atoms with Gasteiger partial charge in [-0.25, -0.2) is 0 Å². The lowest BCUT2D eigenvalue weighted by Gasteiger charge is -2.14. The maximum absolute atomic E-state index is 10.2. The van der Waals surface area contributed by atoms with Crippen molar-refractivity contribution in [1.29, 1.82) is 0 Å². The molecular weight excluding hydrogens is 192 g/mol. The molecule has 1 fully saturated rings. The van der Waals surface area contributed by atoms with Gasteiger partial charge in [0.05, 0.1) is 0 Å². The molecule has 1 saturated carbocycles. The average molecular weight is 204 g/mol. The minimum absolute atomic E-state index is 0.426. The molecule has 1 heterocycles. The fourth-order valence-electron chi connectivity index (χ4n) is 2.75. The van der Waals surface area contributed by atoms with E-state index in [0.717, 1.165) is 18.1 Å². The Hall–Kier alpha value is -1.51. The van der Waals surface area contributed by atoms with Crippen LogP contribution in [0, 0.1) is 11.8 Å². The molecular formula is C12H12O3. The van der Waals surface area contributed by atoms with E-state index in [1.807, 2.05) is 6.07 Å². The molecule has 0 N–H and O–H groups in total. The number of fused-ring (bicyclic) bond motifs is 2. The molecule has 3 rings (SSSR count). The molecule has 0 saturated heterocycles. The SMILES string of the molecule is O=COc1coc(C2CC3C=CC2C3)c1. The molecule has 2 aliphatic rings. The molecule has 0 aliphatic heterocycles. The molecule has 1 aromatic heterocycles. The molecule has 3 nitrogen and oxygen atoms in total. The second-order valence-corrected chi connectivity index (χ2v) is 4.29. The second kappa shape index (κ2) is 3.26. The maximum atomic E-state index is 10.2. The fraction of sp³-hybridized carbons (Fsp3) is 0.417. The lowest BCUT2D eigenvalue weighted by molar-refractivity contribution is -0.120. The van der Waals surface area contributed by atoms with Crippen molar-refractivity contribution < 1.29 is 13.9 Å². The molecule has 0 radical (unpaired) electrons. The van der Waals surface area contributed by atoms with Gasteiger partial charge in [0, 0.05) is 12.0 Å². The van der Waals surface area contributed by atoms with Crippen LogP contribution in [-0.4, -0.2) is 6.47 Å². The summed E-state index contributed by atoms with van der Waals surface area (Å²) in [4.78, 5) is 10.2. The predicted molar refractivity (Wildman–Crippen MR) is 53.5 cm³/mol. The Morgan fingerprint density at radius 3 is 3.00 bits per heavy atom. The first-order chi connectivity index (χ1) is 7.36. The number of furan rings is 1. The summed E-state index contributed by atoms with van der Waals surface area (Å²) in [7, 11) is 0. The monoisotopic (exact) mass is 204 g/mol. The third-order valence-electron chi connectivity index (χ3n) is 3.42. The Bertz CT molecular complexity index is 405. The van der Waals surface area contributed by atoms with E-state index < -0.39 is 0 Å². The van der Waals surface area contributed by atoms with E-state index in [1.54, 1.807) is 0 Å². The minimum atomic E-state index is 0.426. The lowest BCUT2D eigenvalue weighted by Crippen LogP contribution is -2.03. The van der Waals surface area contributed by atoms with E-state index in [4.69, 9.17) is 9.15 Å². The van der Waals surface area contributed by atoms with Crippen molar-refractivity contribution in [2.75, 3.05) is 0 Å². The Balaban J connectivity index is 1.81. The first-order valence-corrected chi connectivity index (χ1v) is 5.24. The van der Waals surface area contributed by atoms with Crippen LogP contribution in [0.5, 0.6) is 5.75 Å². The van der Waals surface area contributed by atoms with Gasteiger partial charge in [-0.05, 0) is 24.7 Å². The first-order valence-electron chi connectivity index (χ1n) is 5.24. The zero-order valence-electron chi connectivity index (χ0n) is 8.26. The third-order valence-corrected chi connectivity index (χ3v) is 3.42. The Morgan fingerprint density at radius 2 is 2.33 bits per heavy atom. The molecule has 0 aromatic carbocycles. The minimum Gasteiger partial charge on any atom is -0.465 e. The highest BCUT2D eigenvalue weighted by Crippen LogP contribution is 2.49. The number of carbonyl (C=O) groups is 1. The summed E-state index contributed by atoms with van der Waals surface area (Å²) in [5, 5.41) is 0. The van der Waals surface area contributed by atoms with Gasteiger partial charge in [0.2, 0.25) is 0 Å². The number of hydrogen-bond donors (Lipinski definition) is 0. The highest BCUT2D eigenvalue weighted by atomic mass is 16.5. The molecule has 2 aliphatic carbocycles. The zero-order valence-corrected chi connectivity index (χ0v) is 8.26. The molecule has 3 atom stereocenters. The smallest absolute Gasteiger partial charge is 0.298 e. The summed E-state index contributed by atoms with van der Waals surface area (Å²) in [6.07, 6.45) is 8.48. The van der Waals surface area contributed by atoms with Crippen LogP contribution in [0.25, 0.3) is 0 Å². The number of rotatable bonds is 3. The molecule has 78 valence electrons. The van der Waals surface area contributed by atoms with E-state index in [9.17, 15) is 4.79 Å². The third kappa shape index (κ3) is 1.39.